The summed E-state index contributed by atoms with van der Waals surface area (Å²) >= 11 is 7.14. The van der Waals surface area contributed by atoms with E-state index in [9.17, 15) is 0 Å². The van der Waals surface area contributed by atoms with E-state index in [0.717, 1.165) is 11.4 Å². The van der Waals surface area contributed by atoms with Crippen LogP contribution in [-0.2, 0) is 5.33 Å². The van der Waals surface area contributed by atoms with Gasteiger partial charge >= 0.3 is 0 Å². The monoisotopic (exact) mass is 345 g/mol. The first-order chi connectivity index (χ1) is 7.76. The number of halogens is 2. The molecule has 88 valence electrons. The smallest absolute Gasteiger partial charge is 0.0380 e. The highest BCUT2D eigenvalue weighted by atomic mass is 79.9. The SMILES string of the molecule is CCC1CCCN1c1ccc(CBr)c(Br)c1. The van der Waals surface area contributed by atoms with Gasteiger partial charge in [-0.05, 0) is 37.0 Å². The number of alkyl halides is 1. The third-order valence-electron chi connectivity index (χ3n) is 3.36. The second kappa shape index (κ2) is 5.54. The molecule has 0 radical (unpaired) electrons. The average Bonchev–Trinajstić information content (AvgIpc) is 2.77. The molecule has 16 heavy (non-hydrogen) atoms. The Kier molecular flexibility index (Phi) is 4.31. The molecule has 1 nitrogen and oxygen atoms in total. The number of anilines is 1. The number of nitrogens with zero attached hydrogens (tertiary/aromatic N) is 1. The molecule has 1 unspecified atom stereocenters. The van der Waals surface area contributed by atoms with E-state index in [1.165, 1.54) is 41.5 Å². The molecule has 0 bridgehead atoms. The van der Waals surface area contributed by atoms with Crippen LogP contribution in [0.15, 0.2) is 22.7 Å². The van der Waals surface area contributed by atoms with Crippen molar-refractivity contribution in [3.8, 4) is 0 Å². The minimum absolute atomic E-state index is 0.738. The molecule has 1 fully saturated rings. The van der Waals surface area contributed by atoms with E-state index in [0.29, 0.717) is 0 Å². The van der Waals surface area contributed by atoms with Crippen LogP contribution in [0.3, 0.4) is 0 Å². The van der Waals surface area contributed by atoms with Crippen LogP contribution in [0.25, 0.3) is 0 Å². The van der Waals surface area contributed by atoms with E-state index >= 15 is 0 Å². The Labute approximate surface area is 114 Å². The van der Waals surface area contributed by atoms with Gasteiger partial charge in [-0.1, -0.05) is 44.8 Å². The van der Waals surface area contributed by atoms with Gasteiger partial charge in [0.1, 0.15) is 0 Å². The van der Waals surface area contributed by atoms with Crippen LogP contribution in [-0.4, -0.2) is 12.6 Å². The van der Waals surface area contributed by atoms with Crippen molar-refractivity contribution in [3.63, 3.8) is 0 Å². The lowest BCUT2D eigenvalue weighted by atomic mass is 10.1. The maximum Gasteiger partial charge on any atom is 0.0380 e. The highest BCUT2D eigenvalue weighted by molar-refractivity contribution is 9.10. The lowest BCUT2D eigenvalue weighted by Crippen LogP contribution is -2.28. The van der Waals surface area contributed by atoms with Crippen molar-refractivity contribution in [2.75, 3.05) is 11.4 Å². The summed E-state index contributed by atoms with van der Waals surface area (Å²) in [6.07, 6.45) is 3.92. The summed E-state index contributed by atoms with van der Waals surface area (Å²) in [5.41, 5.74) is 2.68. The summed E-state index contributed by atoms with van der Waals surface area (Å²) in [5, 5.41) is 0.908. The molecule has 0 N–H and O–H groups in total. The maximum absolute atomic E-state index is 3.64. The highest BCUT2D eigenvalue weighted by Gasteiger charge is 2.23. The van der Waals surface area contributed by atoms with E-state index < -0.39 is 0 Å². The van der Waals surface area contributed by atoms with Crippen LogP contribution in [0.1, 0.15) is 31.7 Å². The molecule has 1 saturated heterocycles. The normalized spacial score (nSPS) is 20.4. The Hall–Kier alpha value is -0.0200. The minimum Gasteiger partial charge on any atom is -0.369 e. The van der Waals surface area contributed by atoms with Crippen LogP contribution in [0.5, 0.6) is 0 Å². The number of benzene rings is 1. The fourth-order valence-corrected chi connectivity index (χ4v) is 3.80. The van der Waals surface area contributed by atoms with Crippen LogP contribution >= 0.6 is 31.9 Å². The predicted molar refractivity (Wildman–Crippen MR) is 77.4 cm³/mol. The van der Waals surface area contributed by atoms with Crippen LogP contribution in [0, 0.1) is 0 Å². The molecule has 1 aromatic rings. The Morgan fingerprint density at radius 2 is 2.25 bits per heavy atom. The van der Waals surface area contributed by atoms with Crippen molar-refractivity contribution in [1.29, 1.82) is 0 Å². The van der Waals surface area contributed by atoms with Crippen molar-refractivity contribution in [3.05, 3.63) is 28.2 Å². The van der Waals surface area contributed by atoms with Gasteiger partial charge in [0, 0.05) is 28.1 Å². The lowest BCUT2D eigenvalue weighted by Gasteiger charge is -2.26. The zero-order valence-corrected chi connectivity index (χ0v) is 12.7. The quantitative estimate of drug-likeness (QED) is 0.715. The third-order valence-corrected chi connectivity index (χ3v) is 4.70. The molecule has 1 atom stereocenters. The molecule has 1 aliphatic heterocycles. The summed E-state index contributed by atoms with van der Waals surface area (Å²) in [6.45, 7) is 3.49. The van der Waals surface area contributed by atoms with Crippen molar-refractivity contribution < 1.29 is 0 Å². The number of rotatable bonds is 3. The Bertz CT molecular complexity index is 365. The van der Waals surface area contributed by atoms with Gasteiger partial charge in [0.15, 0.2) is 0 Å². The highest BCUT2D eigenvalue weighted by Crippen LogP contribution is 2.31. The number of hydrogen-bond acceptors (Lipinski definition) is 1. The molecular formula is C13H17Br2N. The zero-order chi connectivity index (χ0) is 11.5. The summed E-state index contributed by atoms with van der Waals surface area (Å²) in [7, 11) is 0. The first-order valence-corrected chi connectivity index (χ1v) is 7.78. The molecule has 1 aliphatic rings. The van der Waals surface area contributed by atoms with Crippen molar-refractivity contribution >= 4 is 37.5 Å². The van der Waals surface area contributed by atoms with Gasteiger partial charge in [-0.3, -0.25) is 0 Å². The van der Waals surface area contributed by atoms with Crippen molar-refractivity contribution in [1.82, 2.24) is 0 Å². The van der Waals surface area contributed by atoms with Gasteiger partial charge in [0.25, 0.3) is 0 Å². The lowest BCUT2D eigenvalue weighted by molar-refractivity contribution is 0.645. The van der Waals surface area contributed by atoms with Gasteiger partial charge in [-0.25, -0.2) is 0 Å². The van der Waals surface area contributed by atoms with Crippen molar-refractivity contribution in [2.45, 2.75) is 37.6 Å². The first kappa shape index (κ1) is 12.4. The Morgan fingerprint density at radius 1 is 1.44 bits per heavy atom. The fraction of sp³-hybridized carbons (Fsp3) is 0.538. The van der Waals surface area contributed by atoms with E-state index in [2.05, 4.69) is 61.9 Å². The van der Waals surface area contributed by atoms with Crippen LogP contribution in [0.4, 0.5) is 5.69 Å². The minimum atomic E-state index is 0.738. The molecule has 0 spiro atoms. The molecule has 0 aliphatic carbocycles. The van der Waals surface area contributed by atoms with E-state index in [1.807, 2.05) is 0 Å². The second-order valence-corrected chi connectivity index (χ2v) is 5.72. The van der Waals surface area contributed by atoms with E-state index in [4.69, 9.17) is 0 Å². The van der Waals surface area contributed by atoms with Crippen LogP contribution in [0.2, 0.25) is 0 Å². The van der Waals surface area contributed by atoms with Gasteiger partial charge in [-0.2, -0.15) is 0 Å². The molecule has 0 aromatic heterocycles. The molecule has 1 aromatic carbocycles. The topological polar surface area (TPSA) is 3.24 Å². The van der Waals surface area contributed by atoms with E-state index in [-0.39, 0.29) is 0 Å². The summed E-state index contributed by atoms with van der Waals surface area (Å²) in [5.74, 6) is 0. The Morgan fingerprint density at radius 3 is 2.88 bits per heavy atom. The Balaban J connectivity index is 2.23. The van der Waals surface area contributed by atoms with Gasteiger partial charge in [-0.15, -0.1) is 0 Å². The molecule has 3 heteroatoms. The van der Waals surface area contributed by atoms with Gasteiger partial charge in [0.05, 0.1) is 0 Å². The third kappa shape index (κ3) is 2.45. The summed E-state index contributed by atoms with van der Waals surface area (Å²) in [4.78, 5) is 2.54. The zero-order valence-electron chi connectivity index (χ0n) is 9.55. The van der Waals surface area contributed by atoms with Gasteiger partial charge in [0.2, 0.25) is 0 Å². The standard InChI is InChI=1S/C13H17Br2N/c1-2-11-4-3-7-16(11)12-6-5-10(9-14)13(15)8-12/h5-6,8,11H,2-4,7,9H2,1H3. The first-order valence-electron chi connectivity index (χ1n) is 5.87. The van der Waals surface area contributed by atoms with Gasteiger partial charge < -0.3 is 4.90 Å². The average molecular weight is 347 g/mol. The second-order valence-electron chi connectivity index (χ2n) is 4.31. The molecule has 0 amide bonds. The summed E-state index contributed by atoms with van der Waals surface area (Å²) in [6, 6.07) is 7.45. The van der Waals surface area contributed by atoms with Crippen molar-refractivity contribution in [2.24, 2.45) is 0 Å². The largest absolute Gasteiger partial charge is 0.369 e. The summed E-state index contributed by atoms with van der Waals surface area (Å²) < 4.78 is 1.21. The fourth-order valence-electron chi connectivity index (χ4n) is 2.42. The molecule has 2 rings (SSSR count). The predicted octanol–water partition coefficient (Wildman–Crippen LogP) is 4.72. The molecule has 0 saturated carbocycles. The molecular weight excluding hydrogens is 330 g/mol. The maximum atomic E-state index is 3.64. The molecule has 1 heterocycles. The number of hydrogen-bond donors (Lipinski definition) is 0. The van der Waals surface area contributed by atoms with Crippen LogP contribution < -0.4 is 4.90 Å². The van der Waals surface area contributed by atoms with E-state index in [1.54, 1.807) is 0 Å².